The molecule has 0 radical (unpaired) electrons. The van der Waals surface area contributed by atoms with Gasteiger partial charge in [0, 0.05) is 5.92 Å². The Morgan fingerprint density at radius 2 is 1.90 bits per heavy atom. The second-order valence-corrected chi connectivity index (χ2v) is 8.97. The van der Waals surface area contributed by atoms with Crippen LogP contribution in [0.2, 0.25) is 0 Å². The van der Waals surface area contributed by atoms with Gasteiger partial charge >= 0.3 is 0 Å². The van der Waals surface area contributed by atoms with E-state index < -0.39 is 15.8 Å². The number of amides is 1. The number of hydrogen-bond acceptors (Lipinski definition) is 5. The highest BCUT2D eigenvalue weighted by atomic mass is 32.2. The van der Waals surface area contributed by atoms with Gasteiger partial charge in [-0.25, -0.2) is 12.8 Å². The molecular weight excluding hydrogens is 421 g/mol. The van der Waals surface area contributed by atoms with E-state index in [4.69, 9.17) is 4.52 Å². The molecule has 7 nitrogen and oxygen atoms in total. The molecule has 0 aliphatic heterocycles. The monoisotopic (exact) mass is 441 g/mol. The van der Waals surface area contributed by atoms with Gasteiger partial charge in [0.25, 0.3) is 10.0 Å². The highest BCUT2D eigenvalue weighted by Gasteiger charge is 2.30. The van der Waals surface area contributed by atoms with Crippen molar-refractivity contribution in [2.75, 3.05) is 10.0 Å². The summed E-state index contributed by atoms with van der Waals surface area (Å²) in [7, 11) is -3.85. The number of benzene rings is 2. The van der Waals surface area contributed by atoms with E-state index in [9.17, 15) is 17.6 Å². The van der Waals surface area contributed by atoms with E-state index in [1.54, 1.807) is 31.2 Å². The smallest absolute Gasteiger partial charge is 0.261 e. The minimum absolute atomic E-state index is 0.0405. The summed E-state index contributed by atoms with van der Waals surface area (Å²) in [6.07, 6.45) is 5.18. The SMILES string of the molecule is Cc1noc(C=Cc2ccc(S(=O)(=O)Nc3cccc(F)c3)cc2)c1NC(=O)C1CC1. The summed E-state index contributed by atoms with van der Waals surface area (Å²) < 4.78 is 45.9. The van der Waals surface area contributed by atoms with Gasteiger partial charge < -0.3 is 9.84 Å². The van der Waals surface area contributed by atoms with Crippen molar-refractivity contribution in [3.63, 3.8) is 0 Å². The van der Waals surface area contributed by atoms with Crippen molar-refractivity contribution in [3.8, 4) is 0 Å². The summed E-state index contributed by atoms with van der Waals surface area (Å²) >= 11 is 0. The van der Waals surface area contributed by atoms with Crippen molar-refractivity contribution < 1.29 is 22.1 Å². The third-order valence-corrected chi connectivity index (χ3v) is 6.18. The maximum atomic E-state index is 13.3. The average molecular weight is 441 g/mol. The van der Waals surface area contributed by atoms with E-state index in [2.05, 4.69) is 15.2 Å². The Balaban J connectivity index is 1.47. The molecule has 0 saturated heterocycles. The molecule has 4 rings (SSSR count). The molecule has 1 aromatic heterocycles. The number of nitrogens with one attached hydrogen (secondary N) is 2. The maximum absolute atomic E-state index is 13.3. The maximum Gasteiger partial charge on any atom is 0.261 e. The van der Waals surface area contributed by atoms with Crippen LogP contribution >= 0.6 is 0 Å². The van der Waals surface area contributed by atoms with E-state index in [0.717, 1.165) is 24.5 Å². The first kappa shape index (κ1) is 20.8. The molecule has 1 aliphatic carbocycles. The third-order valence-electron chi connectivity index (χ3n) is 4.78. The van der Waals surface area contributed by atoms with Crippen molar-refractivity contribution in [2.24, 2.45) is 5.92 Å². The predicted molar refractivity (Wildman–Crippen MR) is 115 cm³/mol. The van der Waals surface area contributed by atoms with Crippen LogP contribution in [0.5, 0.6) is 0 Å². The molecule has 0 unspecified atom stereocenters. The Morgan fingerprint density at radius 1 is 1.16 bits per heavy atom. The fourth-order valence-electron chi connectivity index (χ4n) is 2.92. The molecule has 2 N–H and O–H groups in total. The Kier molecular flexibility index (Phi) is 5.60. The lowest BCUT2D eigenvalue weighted by Crippen LogP contribution is -2.14. The average Bonchev–Trinajstić information content (AvgIpc) is 3.52. The van der Waals surface area contributed by atoms with Gasteiger partial charge in [-0.1, -0.05) is 29.4 Å². The van der Waals surface area contributed by atoms with E-state index >= 15 is 0 Å². The molecule has 0 bridgehead atoms. The van der Waals surface area contributed by atoms with E-state index in [1.165, 1.54) is 30.3 Å². The summed E-state index contributed by atoms with van der Waals surface area (Å²) in [4.78, 5) is 12.1. The first-order valence-corrected chi connectivity index (χ1v) is 11.1. The first-order chi connectivity index (χ1) is 14.8. The molecule has 160 valence electrons. The van der Waals surface area contributed by atoms with Gasteiger partial charge in [-0.05, 0) is 61.7 Å². The van der Waals surface area contributed by atoms with Crippen LogP contribution in [-0.4, -0.2) is 19.5 Å². The normalized spacial score (nSPS) is 14.0. The second kappa shape index (κ2) is 8.35. The molecule has 9 heteroatoms. The number of rotatable bonds is 7. The number of carbonyl (C=O) groups excluding carboxylic acids is 1. The van der Waals surface area contributed by atoms with Crippen LogP contribution in [-0.2, 0) is 14.8 Å². The van der Waals surface area contributed by atoms with Crippen LogP contribution in [0.3, 0.4) is 0 Å². The summed E-state index contributed by atoms with van der Waals surface area (Å²) in [6.45, 7) is 1.74. The van der Waals surface area contributed by atoms with Gasteiger partial charge in [0.1, 0.15) is 17.2 Å². The Labute approximate surface area is 179 Å². The molecule has 3 aromatic rings. The van der Waals surface area contributed by atoms with Crippen LogP contribution in [0.25, 0.3) is 12.2 Å². The number of aromatic nitrogens is 1. The van der Waals surface area contributed by atoms with E-state index in [-0.39, 0.29) is 22.4 Å². The van der Waals surface area contributed by atoms with Crippen molar-refractivity contribution in [1.29, 1.82) is 0 Å². The van der Waals surface area contributed by atoms with Gasteiger partial charge in [0.2, 0.25) is 5.91 Å². The van der Waals surface area contributed by atoms with Gasteiger partial charge in [0.05, 0.1) is 10.6 Å². The zero-order chi connectivity index (χ0) is 22.0. The van der Waals surface area contributed by atoms with Crippen molar-refractivity contribution >= 4 is 39.5 Å². The summed E-state index contributed by atoms with van der Waals surface area (Å²) in [6, 6.07) is 11.4. The quantitative estimate of drug-likeness (QED) is 0.564. The number of aryl methyl sites for hydroxylation is 1. The largest absolute Gasteiger partial charge is 0.354 e. The topological polar surface area (TPSA) is 101 Å². The zero-order valence-electron chi connectivity index (χ0n) is 16.6. The van der Waals surface area contributed by atoms with Crippen molar-refractivity contribution in [3.05, 3.63) is 71.4 Å². The fourth-order valence-corrected chi connectivity index (χ4v) is 3.97. The molecule has 31 heavy (non-hydrogen) atoms. The predicted octanol–water partition coefficient (Wildman–Crippen LogP) is 4.44. The van der Waals surface area contributed by atoms with Gasteiger partial charge in [-0.15, -0.1) is 0 Å². The Morgan fingerprint density at radius 3 is 2.58 bits per heavy atom. The number of hydrogen-bond donors (Lipinski definition) is 2. The fraction of sp³-hybridized carbons (Fsp3) is 0.182. The number of carbonyl (C=O) groups is 1. The minimum Gasteiger partial charge on any atom is -0.354 e. The Bertz CT molecular complexity index is 1250. The number of halogens is 1. The number of nitrogens with zero attached hydrogens (tertiary/aromatic N) is 1. The lowest BCUT2D eigenvalue weighted by molar-refractivity contribution is -0.117. The van der Waals surface area contributed by atoms with Crippen LogP contribution < -0.4 is 10.0 Å². The van der Waals surface area contributed by atoms with Crippen LogP contribution in [0.1, 0.15) is 29.9 Å². The van der Waals surface area contributed by atoms with E-state index in [0.29, 0.717) is 17.1 Å². The van der Waals surface area contributed by atoms with Gasteiger partial charge in [0.15, 0.2) is 5.76 Å². The van der Waals surface area contributed by atoms with Crippen LogP contribution in [0, 0.1) is 18.7 Å². The van der Waals surface area contributed by atoms with Crippen LogP contribution in [0.15, 0.2) is 57.9 Å². The molecule has 1 amide bonds. The first-order valence-electron chi connectivity index (χ1n) is 9.65. The minimum atomic E-state index is -3.85. The highest BCUT2D eigenvalue weighted by molar-refractivity contribution is 7.92. The molecular formula is C22H20FN3O4S. The van der Waals surface area contributed by atoms with Crippen molar-refractivity contribution in [2.45, 2.75) is 24.7 Å². The molecule has 1 heterocycles. The third kappa shape index (κ3) is 5.00. The standard InChI is InChI=1S/C22H20FN3O4S/c1-14-21(24-22(27)16-8-9-16)20(30-25-14)12-7-15-5-10-19(11-6-15)31(28,29)26-18-4-2-3-17(23)13-18/h2-7,10-13,16,26H,8-9H2,1H3,(H,24,27). The lowest BCUT2D eigenvalue weighted by Gasteiger charge is -2.08. The lowest BCUT2D eigenvalue weighted by atomic mass is 10.2. The molecule has 1 saturated carbocycles. The molecule has 0 atom stereocenters. The molecule has 2 aromatic carbocycles. The summed E-state index contributed by atoms with van der Waals surface area (Å²) in [5.74, 6) is -0.102. The van der Waals surface area contributed by atoms with Gasteiger partial charge in [-0.3, -0.25) is 9.52 Å². The number of sulfonamides is 1. The summed E-state index contributed by atoms with van der Waals surface area (Å²) in [5.41, 5.74) is 1.98. The van der Waals surface area contributed by atoms with Crippen molar-refractivity contribution in [1.82, 2.24) is 5.16 Å². The summed E-state index contributed by atoms with van der Waals surface area (Å²) in [5, 5.41) is 6.75. The van der Waals surface area contributed by atoms with Gasteiger partial charge in [-0.2, -0.15) is 0 Å². The molecule has 0 spiro atoms. The second-order valence-electron chi connectivity index (χ2n) is 7.29. The zero-order valence-corrected chi connectivity index (χ0v) is 17.4. The number of anilines is 2. The van der Waals surface area contributed by atoms with E-state index in [1.807, 2.05) is 0 Å². The highest BCUT2D eigenvalue weighted by Crippen LogP contribution is 2.32. The Hall–Kier alpha value is -3.46. The molecule has 1 fully saturated rings. The molecule has 1 aliphatic rings. The van der Waals surface area contributed by atoms with Crippen LogP contribution in [0.4, 0.5) is 15.8 Å².